The fraction of sp³-hybridized carbons (Fsp3) is 0.615. The van der Waals surface area contributed by atoms with Crippen LogP contribution in [-0.4, -0.2) is 41.5 Å². The predicted molar refractivity (Wildman–Crippen MR) is 92.4 cm³/mol. The molecule has 1 aliphatic heterocycles. The summed E-state index contributed by atoms with van der Waals surface area (Å²) >= 11 is 2.02. The van der Waals surface area contributed by atoms with E-state index in [2.05, 4.69) is 29.1 Å². The number of hydrogen-bond donors (Lipinski definition) is 1. The maximum Gasteiger partial charge on any atom is 0.194 e. The van der Waals surface area contributed by atoms with Gasteiger partial charge < -0.3 is 14.6 Å². The zero-order valence-electron chi connectivity index (χ0n) is 11.7. The van der Waals surface area contributed by atoms with Crippen LogP contribution in [0.2, 0.25) is 0 Å². The van der Waals surface area contributed by atoms with E-state index in [0.29, 0.717) is 11.3 Å². The van der Waals surface area contributed by atoms with Crippen molar-refractivity contribution in [3.05, 3.63) is 24.2 Å². The van der Waals surface area contributed by atoms with Gasteiger partial charge in [-0.3, -0.25) is 4.99 Å². The summed E-state index contributed by atoms with van der Waals surface area (Å²) in [5, 5.41) is 3.35. The van der Waals surface area contributed by atoms with Gasteiger partial charge >= 0.3 is 0 Å². The highest BCUT2D eigenvalue weighted by molar-refractivity contribution is 14.0. The summed E-state index contributed by atoms with van der Waals surface area (Å²) < 4.78 is 5.61. The van der Waals surface area contributed by atoms with Crippen LogP contribution in [0, 0.1) is 0 Å². The van der Waals surface area contributed by atoms with Gasteiger partial charge in [0.1, 0.15) is 5.76 Å². The minimum atomic E-state index is 0. The highest BCUT2D eigenvalue weighted by Gasteiger charge is 2.28. The van der Waals surface area contributed by atoms with E-state index in [9.17, 15) is 0 Å². The molecule has 1 aromatic heterocycles. The molecule has 1 saturated heterocycles. The molecule has 0 saturated carbocycles. The number of halogens is 1. The first-order chi connectivity index (χ1) is 8.61. The second-order valence-corrected chi connectivity index (χ2v) is 6.81. The van der Waals surface area contributed by atoms with Gasteiger partial charge in [-0.15, -0.1) is 24.0 Å². The Balaban J connectivity index is 0.00000180. The quantitative estimate of drug-likeness (QED) is 0.475. The highest BCUT2D eigenvalue weighted by atomic mass is 127. The number of hydrogen-bond acceptors (Lipinski definition) is 3. The number of nitrogens with one attached hydrogen (secondary N) is 1. The molecule has 2 heterocycles. The average molecular weight is 395 g/mol. The molecule has 0 unspecified atom stereocenters. The number of nitrogens with zero attached hydrogens (tertiary/aromatic N) is 2. The van der Waals surface area contributed by atoms with Gasteiger partial charge in [-0.1, -0.05) is 0 Å². The van der Waals surface area contributed by atoms with E-state index < -0.39 is 0 Å². The normalized spacial score (nSPS) is 18.9. The number of aliphatic imine (C=N–C) groups is 1. The molecule has 0 aliphatic carbocycles. The first-order valence-corrected chi connectivity index (χ1v) is 7.21. The number of furan rings is 1. The van der Waals surface area contributed by atoms with Crippen molar-refractivity contribution in [2.45, 2.75) is 25.1 Å². The summed E-state index contributed by atoms with van der Waals surface area (Å²) in [6.07, 6.45) is 1.69. The van der Waals surface area contributed by atoms with Gasteiger partial charge in [0, 0.05) is 30.6 Å². The maximum atomic E-state index is 5.32. The van der Waals surface area contributed by atoms with Crippen LogP contribution in [0.25, 0.3) is 0 Å². The van der Waals surface area contributed by atoms with E-state index in [1.165, 1.54) is 0 Å². The van der Waals surface area contributed by atoms with Crippen molar-refractivity contribution < 1.29 is 4.42 Å². The molecule has 1 N–H and O–H groups in total. The molecule has 0 spiro atoms. The third kappa shape index (κ3) is 4.91. The Morgan fingerprint density at radius 1 is 1.58 bits per heavy atom. The van der Waals surface area contributed by atoms with Crippen LogP contribution in [0.1, 0.15) is 19.6 Å². The molecule has 2 rings (SSSR count). The number of guanidine groups is 1. The van der Waals surface area contributed by atoms with E-state index in [0.717, 1.165) is 30.6 Å². The summed E-state index contributed by atoms with van der Waals surface area (Å²) in [6, 6.07) is 3.87. The van der Waals surface area contributed by atoms with Gasteiger partial charge in [-0.05, 0) is 26.0 Å². The maximum absolute atomic E-state index is 5.32. The standard InChI is InChI=1S/C13H21N3OS.HI/c1-13(2)10-16(6-8-18-13)12(14-3)15-9-11-5-4-7-17-11;/h4-5,7H,6,8-10H2,1-3H3,(H,14,15);1H. The Kier molecular flexibility index (Phi) is 6.52. The molecule has 108 valence electrons. The molecular formula is C13H22IN3OS. The fourth-order valence-electron chi connectivity index (χ4n) is 2.11. The zero-order chi connectivity index (χ0) is 13.0. The molecule has 4 nitrogen and oxygen atoms in total. The molecule has 1 aliphatic rings. The van der Waals surface area contributed by atoms with Crippen LogP contribution >= 0.6 is 35.7 Å². The first-order valence-electron chi connectivity index (χ1n) is 6.23. The lowest BCUT2D eigenvalue weighted by atomic mass is 10.2. The summed E-state index contributed by atoms with van der Waals surface area (Å²) in [5.74, 6) is 3.04. The molecule has 0 amide bonds. The van der Waals surface area contributed by atoms with Gasteiger partial charge in [0.05, 0.1) is 12.8 Å². The van der Waals surface area contributed by atoms with Gasteiger partial charge in [-0.2, -0.15) is 11.8 Å². The lowest BCUT2D eigenvalue weighted by molar-refractivity contribution is 0.373. The van der Waals surface area contributed by atoms with E-state index in [1.54, 1.807) is 6.26 Å². The van der Waals surface area contributed by atoms with E-state index in [-0.39, 0.29) is 24.0 Å². The molecule has 19 heavy (non-hydrogen) atoms. The Morgan fingerprint density at radius 2 is 2.37 bits per heavy atom. The summed E-state index contributed by atoms with van der Waals surface area (Å²) in [6.45, 7) is 7.32. The van der Waals surface area contributed by atoms with Crippen molar-refractivity contribution in [3.8, 4) is 0 Å². The molecule has 1 aromatic rings. The molecular weight excluding hydrogens is 373 g/mol. The van der Waals surface area contributed by atoms with Gasteiger partial charge in [0.2, 0.25) is 0 Å². The van der Waals surface area contributed by atoms with Crippen LogP contribution < -0.4 is 5.32 Å². The minimum Gasteiger partial charge on any atom is -0.467 e. The molecule has 0 atom stereocenters. The van der Waals surface area contributed by atoms with Crippen molar-refractivity contribution >= 4 is 41.7 Å². The zero-order valence-corrected chi connectivity index (χ0v) is 14.8. The van der Waals surface area contributed by atoms with E-state index in [1.807, 2.05) is 30.9 Å². The third-order valence-electron chi connectivity index (χ3n) is 2.94. The lowest BCUT2D eigenvalue weighted by Gasteiger charge is -2.39. The Bertz CT molecular complexity index is 406. The third-order valence-corrected chi connectivity index (χ3v) is 4.24. The largest absolute Gasteiger partial charge is 0.467 e. The van der Waals surface area contributed by atoms with Gasteiger partial charge in [-0.25, -0.2) is 0 Å². The SMILES string of the molecule is CN=C(NCc1ccco1)N1CCSC(C)(C)C1.I. The van der Waals surface area contributed by atoms with Crippen molar-refractivity contribution in [2.24, 2.45) is 4.99 Å². The summed E-state index contributed by atoms with van der Waals surface area (Å²) in [4.78, 5) is 6.68. The van der Waals surface area contributed by atoms with Crippen LogP contribution in [0.4, 0.5) is 0 Å². The summed E-state index contributed by atoms with van der Waals surface area (Å²) in [7, 11) is 1.83. The predicted octanol–water partition coefficient (Wildman–Crippen LogP) is 2.80. The Morgan fingerprint density at radius 3 is 2.95 bits per heavy atom. The van der Waals surface area contributed by atoms with Crippen LogP contribution in [0.5, 0.6) is 0 Å². The topological polar surface area (TPSA) is 40.8 Å². The molecule has 6 heteroatoms. The number of thioether (sulfide) groups is 1. The van der Waals surface area contributed by atoms with Gasteiger partial charge in [0.25, 0.3) is 0 Å². The molecule has 0 aromatic carbocycles. The molecule has 1 fully saturated rings. The van der Waals surface area contributed by atoms with Crippen molar-refractivity contribution in [1.29, 1.82) is 0 Å². The highest BCUT2D eigenvalue weighted by Crippen LogP contribution is 2.29. The molecule has 0 radical (unpaired) electrons. The van der Waals surface area contributed by atoms with Crippen LogP contribution in [0.15, 0.2) is 27.8 Å². The fourth-order valence-corrected chi connectivity index (χ4v) is 3.22. The smallest absolute Gasteiger partial charge is 0.194 e. The second kappa shape index (κ2) is 7.42. The lowest BCUT2D eigenvalue weighted by Crippen LogP contribution is -2.50. The number of rotatable bonds is 2. The van der Waals surface area contributed by atoms with Crippen molar-refractivity contribution in [1.82, 2.24) is 10.2 Å². The molecule has 0 bridgehead atoms. The Hall–Kier alpha value is -0.370. The van der Waals surface area contributed by atoms with Crippen molar-refractivity contribution in [3.63, 3.8) is 0 Å². The van der Waals surface area contributed by atoms with Crippen LogP contribution in [0.3, 0.4) is 0 Å². The van der Waals surface area contributed by atoms with Gasteiger partial charge in [0.15, 0.2) is 5.96 Å². The van der Waals surface area contributed by atoms with Crippen molar-refractivity contribution in [2.75, 3.05) is 25.9 Å². The Labute approximate surface area is 136 Å². The monoisotopic (exact) mass is 395 g/mol. The van der Waals surface area contributed by atoms with E-state index >= 15 is 0 Å². The summed E-state index contributed by atoms with van der Waals surface area (Å²) in [5.41, 5.74) is 0. The second-order valence-electron chi connectivity index (χ2n) is 5.01. The first kappa shape index (κ1) is 16.7. The average Bonchev–Trinajstić information content (AvgIpc) is 2.81. The van der Waals surface area contributed by atoms with Crippen LogP contribution in [-0.2, 0) is 6.54 Å². The van der Waals surface area contributed by atoms with E-state index in [4.69, 9.17) is 4.42 Å². The minimum absolute atomic E-state index is 0.